The molecule has 1 heterocycles. The molecule has 2 fully saturated rings. The van der Waals surface area contributed by atoms with Crippen molar-refractivity contribution in [3.05, 3.63) is 0 Å². The molecule has 4 heteroatoms. The van der Waals surface area contributed by atoms with Crippen LogP contribution in [0.4, 0.5) is 0 Å². The van der Waals surface area contributed by atoms with E-state index in [4.69, 9.17) is 0 Å². The topological polar surface area (TPSA) is 43.8 Å². The van der Waals surface area contributed by atoms with E-state index in [-0.39, 0.29) is 5.91 Å². The van der Waals surface area contributed by atoms with Crippen LogP contribution in [0, 0.1) is 5.92 Å². The van der Waals surface area contributed by atoms with E-state index in [9.17, 15) is 9.90 Å². The average Bonchev–Trinajstić information content (AvgIpc) is 2.42. The van der Waals surface area contributed by atoms with Gasteiger partial charge in [0.25, 0.3) is 0 Å². The van der Waals surface area contributed by atoms with Gasteiger partial charge in [0, 0.05) is 39.1 Å². The number of hydrogen-bond acceptors (Lipinski definition) is 3. The predicted molar refractivity (Wildman–Crippen MR) is 75.9 cm³/mol. The fourth-order valence-electron chi connectivity index (χ4n) is 3.25. The molecule has 1 amide bonds. The predicted octanol–water partition coefficient (Wildman–Crippen LogP) is 1.48. The van der Waals surface area contributed by atoms with Crippen LogP contribution >= 0.6 is 0 Å². The van der Waals surface area contributed by atoms with Gasteiger partial charge in [0.15, 0.2) is 0 Å². The van der Waals surface area contributed by atoms with Crippen LogP contribution in [-0.2, 0) is 4.79 Å². The first kappa shape index (κ1) is 14.8. The lowest BCUT2D eigenvalue weighted by molar-refractivity contribution is -0.133. The first-order valence-corrected chi connectivity index (χ1v) is 7.75. The molecule has 1 N–H and O–H groups in total. The van der Waals surface area contributed by atoms with Crippen LogP contribution in [0.25, 0.3) is 0 Å². The normalized spacial score (nSPS) is 33.4. The number of piperazine rings is 1. The Bertz CT molecular complexity index is 303. The molecule has 19 heavy (non-hydrogen) atoms. The van der Waals surface area contributed by atoms with Gasteiger partial charge >= 0.3 is 0 Å². The maximum atomic E-state index is 11.6. The Morgan fingerprint density at radius 1 is 1.21 bits per heavy atom. The molecule has 0 unspecified atom stereocenters. The molecular formula is C15H28N2O2. The maximum Gasteiger partial charge on any atom is 0.222 e. The molecular weight excluding hydrogens is 240 g/mol. The summed E-state index contributed by atoms with van der Waals surface area (Å²) in [6.07, 6.45) is 4.75. The molecule has 110 valence electrons. The minimum Gasteiger partial charge on any atom is -0.389 e. The molecule has 1 saturated carbocycles. The van der Waals surface area contributed by atoms with Gasteiger partial charge in [-0.05, 0) is 31.6 Å². The average molecular weight is 268 g/mol. The van der Waals surface area contributed by atoms with Crippen LogP contribution in [0.5, 0.6) is 0 Å². The van der Waals surface area contributed by atoms with Gasteiger partial charge in [-0.25, -0.2) is 0 Å². The number of rotatable bonds is 3. The second-order valence-electron chi connectivity index (χ2n) is 6.42. The maximum absolute atomic E-state index is 11.6. The van der Waals surface area contributed by atoms with E-state index in [1.807, 2.05) is 11.8 Å². The van der Waals surface area contributed by atoms with Crippen molar-refractivity contribution >= 4 is 5.91 Å². The molecule has 0 bridgehead atoms. The highest BCUT2D eigenvalue weighted by atomic mass is 16.3. The molecule has 0 atom stereocenters. The van der Waals surface area contributed by atoms with Gasteiger partial charge in [-0.1, -0.05) is 13.8 Å². The molecule has 0 radical (unpaired) electrons. The summed E-state index contributed by atoms with van der Waals surface area (Å²) in [7, 11) is 0. The van der Waals surface area contributed by atoms with Crippen LogP contribution in [-0.4, -0.2) is 59.1 Å². The van der Waals surface area contributed by atoms with Gasteiger partial charge in [0.2, 0.25) is 5.91 Å². The summed E-state index contributed by atoms with van der Waals surface area (Å²) in [6, 6.07) is 0. The summed E-state index contributed by atoms with van der Waals surface area (Å²) in [5, 5.41) is 10.6. The molecule has 2 aliphatic rings. The molecule has 4 nitrogen and oxygen atoms in total. The molecule has 1 aliphatic heterocycles. The van der Waals surface area contributed by atoms with Crippen LogP contribution < -0.4 is 0 Å². The van der Waals surface area contributed by atoms with Crippen LogP contribution in [0.15, 0.2) is 0 Å². The Balaban J connectivity index is 1.77. The smallest absolute Gasteiger partial charge is 0.222 e. The third-order valence-electron chi connectivity index (χ3n) is 4.75. The highest BCUT2D eigenvalue weighted by molar-refractivity contribution is 5.75. The molecule has 0 spiro atoms. The Morgan fingerprint density at radius 2 is 1.79 bits per heavy atom. The summed E-state index contributed by atoms with van der Waals surface area (Å²) in [5.74, 6) is 1.02. The van der Waals surface area contributed by atoms with E-state index in [1.165, 1.54) is 0 Å². The number of carbonyl (C=O) groups excluding carboxylic acids is 1. The van der Waals surface area contributed by atoms with Gasteiger partial charge in [0.1, 0.15) is 0 Å². The first-order chi connectivity index (χ1) is 9.02. The number of β-amino-alcohol motifs (C(OH)–C–C–N with tert-alkyl or cyclic N) is 1. The summed E-state index contributed by atoms with van der Waals surface area (Å²) < 4.78 is 0. The lowest BCUT2D eigenvalue weighted by Gasteiger charge is -2.42. The number of aliphatic hydroxyl groups is 1. The highest BCUT2D eigenvalue weighted by Gasteiger charge is 2.34. The van der Waals surface area contributed by atoms with Crippen LogP contribution in [0.3, 0.4) is 0 Å². The van der Waals surface area contributed by atoms with Crippen molar-refractivity contribution in [3.63, 3.8) is 0 Å². The quantitative estimate of drug-likeness (QED) is 0.843. The summed E-state index contributed by atoms with van der Waals surface area (Å²) in [5.41, 5.74) is -0.483. The SMILES string of the molecule is CCC(=O)N1CCN(CC2(O)CCC(C)CC2)CC1. The van der Waals surface area contributed by atoms with Crippen molar-refractivity contribution in [3.8, 4) is 0 Å². The standard InChI is InChI=1S/C15H28N2O2/c1-3-14(18)17-10-8-16(9-11-17)12-15(19)6-4-13(2)5-7-15/h13,19H,3-12H2,1-2H3. The van der Waals surface area contributed by atoms with Gasteiger partial charge in [-0.2, -0.15) is 0 Å². The van der Waals surface area contributed by atoms with Gasteiger partial charge in [-0.3, -0.25) is 9.69 Å². The number of hydrogen-bond donors (Lipinski definition) is 1. The van der Waals surface area contributed by atoms with Crippen molar-refractivity contribution in [2.24, 2.45) is 5.92 Å². The third kappa shape index (κ3) is 3.93. The Kier molecular flexibility index (Phi) is 4.85. The molecule has 0 aromatic heterocycles. The molecule has 0 aromatic carbocycles. The fourth-order valence-corrected chi connectivity index (χ4v) is 3.25. The minimum atomic E-state index is -0.483. The van der Waals surface area contributed by atoms with Crippen molar-refractivity contribution in [1.29, 1.82) is 0 Å². The van der Waals surface area contributed by atoms with E-state index in [1.54, 1.807) is 0 Å². The third-order valence-corrected chi connectivity index (χ3v) is 4.75. The Morgan fingerprint density at radius 3 is 2.32 bits per heavy atom. The first-order valence-electron chi connectivity index (χ1n) is 7.75. The van der Waals surface area contributed by atoms with Crippen LogP contribution in [0.2, 0.25) is 0 Å². The number of carbonyl (C=O) groups is 1. The summed E-state index contributed by atoms with van der Waals surface area (Å²) in [4.78, 5) is 15.9. The van der Waals surface area contributed by atoms with Crippen LogP contribution in [0.1, 0.15) is 46.0 Å². The summed E-state index contributed by atoms with van der Waals surface area (Å²) >= 11 is 0. The van der Waals surface area contributed by atoms with Gasteiger partial charge in [-0.15, -0.1) is 0 Å². The second kappa shape index (κ2) is 6.23. The molecule has 2 rings (SSSR count). The highest BCUT2D eigenvalue weighted by Crippen LogP contribution is 2.32. The van der Waals surface area contributed by atoms with Gasteiger partial charge < -0.3 is 10.0 Å². The lowest BCUT2D eigenvalue weighted by atomic mass is 9.79. The van der Waals surface area contributed by atoms with Gasteiger partial charge in [0.05, 0.1) is 5.60 Å². The monoisotopic (exact) mass is 268 g/mol. The Hall–Kier alpha value is -0.610. The van der Waals surface area contributed by atoms with Crippen molar-refractivity contribution in [1.82, 2.24) is 9.80 Å². The molecule has 1 saturated heterocycles. The van der Waals surface area contributed by atoms with E-state index >= 15 is 0 Å². The zero-order chi connectivity index (χ0) is 13.9. The largest absolute Gasteiger partial charge is 0.389 e. The zero-order valence-electron chi connectivity index (χ0n) is 12.4. The van der Waals surface area contributed by atoms with E-state index in [0.717, 1.165) is 64.3 Å². The lowest BCUT2D eigenvalue weighted by Crippen LogP contribution is -2.53. The van der Waals surface area contributed by atoms with Crippen molar-refractivity contribution in [2.75, 3.05) is 32.7 Å². The Labute approximate surface area is 116 Å². The fraction of sp³-hybridized carbons (Fsp3) is 0.933. The van der Waals surface area contributed by atoms with Crippen molar-refractivity contribution < 1.29 is 9.90 Å². The van der Waals surface area contributed by atoms with E-state index in [0.29, 0.717) is 6.42 Å². The van der Waals surface area contributed by atoms with E-state index in [2.05, 4.69) is 11.8 Å². The van der Waals surface area contributed by atoms with Crippen molar-refractivity contribution in [2.45, 2.75) is 51.6 Å². The number of nitrogens with zero attached hydrogens (tertiary/aromatic N) is 2. The minimum absolute atomic E-state index is 0.254. The molecule has 0 aromatic rings. The number of amides is 1. The summed E-state index contributed by atoms with van der Waals surface area (Å²) in [6.45, 7) is 8.43. The van der Waals surface area contributed by atoms with E-state index < -0.39 is 5.60 Å². The second-order valence-corrected chi connectivity index (χ2v) is 6.42. The zero-order valence-corrected chi connectivity index (χ0v) is 12.4. The molecule has 1 aliphatic carbocycles.